The summed E-state index contributed by atoms with van der Waals surface area (Å²) in [7, 11) is -2.05. The lowest BCUT2D eigenvalue weighted by atomic mass is 10.1. The average Bonchev–Trinajstić information content (AvgIpc) is 2.83. The number of nitrogens with one attached hydrogen (secondary N) is 1. The van der Waals surface area contributed by atoms with Crippen LogP contribution in [0.1, 0.15) is 51.2 Å². The number of benzene rings is 2. The third-order valence-corrected chi connectivity index (χ3v) is 7.29. The smallest absolute Gasteiger partial charge is 0.242 e. The molecule has 2 atom stereocenters. The Hall–Kier alpha value is -3.07. The summed E-state index contributed by atoms with van der Waals surface area (Å²) in [6.45, 7) is 8.04. The summed E-state index contributed by atoms with van der Waals surface area (Å²) in [5, 5.41) is 2.96. The van der Waals surface area contributed by atoms with E-state index in [4.69, 9.17) is 4.74 Å². The molecule has 0 aliphatic rings. The Morgan fingerprint density at radius 1 is 1.08 bits per heavy atom. The number of ether oxygens (including phenoxy) is 1. The van der Waals surface area contributed by atoms with Gasteiger partial charge in [-0.1, -0.05) is 42.8 Å². The molecule has 2 aromatic rings. The van der Waals surface area contributed by atoms with Crippen LogP contribution in [0.2, 0.25) is 0 Å². The second kappa shape index (κ2) is 13.3. The highest BCUT2D eigenvalue weighted by Gasteiger charge is 2.27. The number of hydrogen-bond acceptors (Lipinski definition) is 5. The Morgan fingerprint density at radius 2 is 1.78 bits per heavy atom. The van der Waals surface area contributed by atoms with Gasteiger partial charge in [0.1, 0.15) is 11.8 Å². The van der Waals surface area contributed by atoms with Crippen LogP contribution in [-0.4, -0.2) is 57.1 Å². The van der Waals surface area contributed by atoms with Gasteiger partial charge >= 0.3 is 0 Å². The van der Waals surface area contributed by atoms with Gasteiger partial charge in [-0.15, -0.1) is 0 Å². The van der Waals surface area contributed by atoms with Gasteiger partial charge in [0.15, 0.2) is 0 Å². The lowest BCUT2D eigenvalue weighted by Gasteiger charge is -2.30. The highest BCUT2D eigenvalue weighted by molar-refractivity contribution is 7.92. The molecule has 0 spiro atoms. The number of anilines is 1. The number of aryl methyl sites for hydroxylation is 1. The molecule has 0 fully saturated rings. The summed E-state index contributed by atoms with van der Waals surface area (Å²) in [5.74, 6) is 0.129. The van der Waals surface area contributed by atoms with Crippen LogP contribution in [0, 0.1) is 6.92 Å². The fraction of sp³-hybridized carbons (Fsp3) is 0.481. The van der Waals surface area contributed by atoms with Gasteiger partial charge in [0.25, 0.3) is 0 Å². The molecule has 2 aromatic carbocycles. The molecule has 0 saturated carbocycles. The van der Waals surface area contributed by atoms with E-state index in [-0.39, 0.29) is 30.8 Å². The first-order valence-corrected chi connectivity index (χ1v) is 14.1. The molecule has 0 unspecified atom stereocenters. The molecule has 0 aromatic heterocycles. The first kappa shape index (κ1) is 29.2. The van der Waals surface area contributed by atoms with Gasteiger partial charge in [0.05, 0.1) is 19.1 Å². The van der Waals surface area contributed by atoms with E-state index in [1.165, 1.54) is 11.4 Å². The number of rotatable bonds is 13. The zero-order valence-corrected chi connectivity index (χ0v) is 23.0. The van der Waals surface area contributed by atoms with Crippen molar-refractivity contribution >= 4 is 27.5 Å². The summed E-state index contributed by atoms with van der Waals surface area (Å²) < 4.78 is 31.5. The Kier molecular flexibility index (Phi) is 10.8. The van der Waals surface area contributed by atoms with E-state index in [1.54, 1.807) is 36.1 Å². The third-order valence-electron chi connectivity index (χ3n) is 6.10. The van der Waals surface area contributed by atoms with Crippen LogP contribution in [-0.2, 0) is 26.2 Å². The van der Waals surface area contributed by atoms with Gasteiger partial charge in [-0.05, 0) is 51.3 Å². The largest absolute Gasteiger partial charge is 0.497 e. The van der Waals surface area contributed by atoms with Gasteiger partial charge in [0, 0.05) is 31.6 Å². The molecule has 0 heterocycles. The van der Waals surface area contributed by atoms with Crippen molar-refractivity contribution in [2.75, 3.05) is 24.2 Å². The third kappa shape index (κ3) is 8.55. The Balaban J connectivity index is 2.18. The molecule has 0 aliphatic carbocycles. The molecule has 2 rings (SSSR count). The maximum absolute atomic E-state index is 13.4. The number of carbonyl (C=O) groups excluding carboxylic acids is 2. The minimum absolute atomic E-state index is 0.00190. The minimum atomic E-state index is -3.57. The molecule has 0 aliphatic heterocycles. The number of sulfonamides is 1. The fourth-order valence-corrected chi connectivity index (χ4v) is 4.78. The first-order chi connectivity index (χ1) is 17.0. The number of methoxy groups -OCH3 is 1. The topological polar surface area (TPSA) is 96.0 Å². The van der Waals surface area contributed by atoms with Crippen molar-refractivity contribution in [2.24, 2.45) is 0 Å². The predicted octanol–water partition coefficient (Wildman–Crippen LogP) is 3.88. The summed E-state index contributed by atoms with van der Waals surface area (Å²) in [5.41, 5.74) is 2.47. The van der Waals surface area contributed by atoms with Crippen LogP contribution < -0.4 is 14.4 Å². The lowest BCUT2D eigenvalue weighted by molar-refractivity contribution is -0.140. The number of amides is 2. The highest BCUT2D eigenvalue weighted by Crippen LogP contribution is 2.24. The average molecular weight is 518 g/mol. The monoisotopic (exact) mass is 517 g/mol. The Morgan fingerprint density at radius 3 is 2.39 bits per heavy atom. The predicted molar refractivity (Wildman–Crippen MR) is 144 cm³/mol. The van der Waals surface area contributed by atoms with Gasteiger partial charge in [0.2, 0.25) is 21.8 Å². The quantitative estimate of drug-likeness (QED) is 0.435. The molecular weight excluding hydrogens is 478 g/mol. The molecule has 0 radical (unpaired) electrons. The van der Waals surface area contributed by atoms with Crippen molar-refractivity contribution in [3.8, 4) is 5.75 Å². The summed E-state index contributed by atoms with van der Waals surface area (Å²) in [4.78, 5) is 27.8. The minimum Gasteiger partial charge on any atom is -0.497 e. The fourth-order valence-electron chi connectivity index (χ4n) is 3.82. The van der Waals surface area contributed by atoms with E-state index >= 15 is 0 Å². The molecule has 8 nitrogen and oxygen atoms in total. The van der Waals surface area contributed by atoms with Gasteiger partial charge in [-0.25, -0.2) is 8.42 Å². The summed E-state index contributed by atoms with van der Waals surface area (Å²) >= 11 is 0. The SMILES string of the molecule is CC[C@@H](C)NC(=O)[C@H](C)N(Cc1cccc(C)c1)C(=O)CCCN(c1cccc(OC)c1)S(C)(=O)=O. The van der Waals surface area contributed by atoms with Crippen LogP contribution in [0.4, 0.5) is 5.69 Å². The van der Waals surface area contributed by atoms with Crippen molar-refractivity contribution < 1.29 is 22.7 Å². The van der Waals surface area contributed by atoms with Gasteiger partial charge in [-0.2, -0.15) is 0 Å². The van der Waals surface area contributed by atoms with Crippen molar-refractivity contribution in [2.45, 2.75) is 65.6 Å². The van der Waals surface area contributed by atoms with Crippen molar-refractivity contribution in [1.29, 1.82) is 0 Å². The summed E-state index contributed by atoms with van der Waals surface area (Å²) in [6, 6.07) is 14.0. The number of nitrogens with zero attached hydrogens (tertiary/aromatic N) is 2. The zero-order valence-electron chi connectivity index (χ0n) is 22.2. The Bertz CT molecular complexity index is 1140. The van der Waals surface area contributed by atoms with Crippen LogP contribution in [0.5, 0.6) is 5.75 Å². The van der Waals surface area contributed by atoms with E-state index in [0.717, 1.165) is 23.8 Å². The maximum Gasteiger partial charge on any atom is 0.242 e. The van der Waals surface area contributed by atoms with E-state index in [0.29, 0.717) is 24.4 Å². The van der Waals surface area contributed by atoms with Gasteiger partial charge in [-0.3, -0.25) is 13.9 Å². The first-order valence-electron chi connectivity index (χ1n) is 12.2. The van der Waals surface area contributed by atoms with E-state index in [1.807, 2.05) is 45.0 Å². The second-order valence-corrected chi connectivity index (χ2v) is 11.1. The standard InChI is InChI=1S/C27H39N3O5S/c1-7-21(3)28-27(32)22(4)29(19-23-12-8-11-20(2)17-23)26(31)15-10-16-30(36(6,33)34)24-13-9-14-25(18-24)35-5/h8-9,11-14,17-18,21-22H,7,10,15-16,19H2,1-6H3,(H,28,32)/t21-,22+/m1/s1. The normalized spacial score (nSPS) is 12.9. The van der Waals surface area contributed by atoms with Crippen molar-refractivity contribution in [3.63, 3.8) is 0 Å². The van der Waals surface area contributed by atoms with Gasteiger partial charge < -0.3 is 15.0 Å². The van der Waals surface area contributed by atoms with Crippen molar-refractivity contribution in [1.82, 2.24) is 10.2 Å². The van der Waals surface area contributed by atoms with E-state index < -0.39 is 16.1 Å². The van der Waals surface area contributed by atoms with E-state index in [9.17, 15) is 18.0 Å². The van der Waals surface area contributed by atoms with Crippen LogP contribution >= 0.6 is 0 Å². The molecule has 9 heteroatoms. The lowest BCUT2D eigenvalue weighted by Crippen LogP contribution is -2.49. The molecule has 1 N–H and O–H groups in total. The Labute approximate surface area is 215 Å². The second-order valence-electron chi connectivity index (χ2n) is 9.14. The zero-order chi connectivity index (χ0) is 26.9. The maximum atomic E-state index is 13.4. The molecule has 2 amide bonds. The number of hydrogen-bond donors (Lipinski definition) is 1. The molecule has 36 heavy (non-hydrogen) atoms. The molecule has 0 saturated heterocycles. The van der Waals surface area contributed by atoms with Crippen LogP contribution in [0.3, 0.4) is 0 Å². The summed E-state index contributed by atoms with van der Waals surface area (Å²) in [6.07, 6.45) is 2.32. The molecule has 198 valence electrons. The van der Waals surface area contributed by atoms with E-state index in [2.05, 4.69) is 5.32 Å². The number of carbonyl (C=O) groups is 2. The molecule has 0 bridgehead atoms. The van der Waals surface area contributed by atoms with Crippen LogP contribution in [0.25, 0.3) is 0 Å². The highest BCUT2D eigenvalue weighted by atomic mass is 32.2. The molecular formula is C27H39N3O5S. The van der Waals surface area contributed by atoms with Crippen molar-refractivity contribution in [3.05, 3.63) is 59.7 Å². The van der Waals surface area contributed by atoms with Crippen LogP contribution in [0.15, 0.2) is 48.5 Å².